The Bertz CT molecular complexity index is 696. The molecule has 0 radical (unpaired) electrons. The number of pyridine rings is 1. The second-order valence-electron chi connectivity index (χ2n) is 4.18. The molecule has 3 rings (SSSR count). The molecule has 20 heavy (non-hydrogen) atoms. The van der Waals surface area contributed by atoms with Crippen molar-refractivity contribution in [3.8, 4) is 11.3 Å². The second kappa shape index (κ2) is 5.71. The molecular weight excluding hydrogens is 274 g/mol. The summed E-state index contributed by atoms with van der Waals surface area (Å²) in [6, 6.07) is 15.3. The molecule has 1 aromatic carbocycles. The first-order chi connectivity index (χ1) is 9.83. The van der Waals surface area contributed by atoms with Gasteiger partial charge in [0.25, 0.3) is 0 Å². The maximum absolute atomic E-state index is 5.85. The monoisotopic (exact) mass is 285 g/mol. The molecule has 2 N–H and O–H groups in total. The van der Waals surface area contributed by atoms with Crippen LogP contribution in [0.15, 0.2) is 48.5 Å². The first-order valence-corrected chi connectivity index (χ1v) is 6.52. The predicted octanol–water partition coefficient (Wildman–Crippen LogP) is 3.13. The van der Waals surface area contributed by atoms with Crippen LogP contribution in [0.3, 0.4) is 0 Å². The van der Waals surface area contributed by atoms with Crippen molar-refractivity contribution in [1.82, 2.24) is 20.4 Å². The fraction of sp³-hybridized carbons (Fsp3) is 0.0714. The first kappa shape index (κ1) is 12.6. The third-order valence-corrected chi connectivity index (χ3v) is 3.03. The molecular formula is C14H12ClN5. The highest BCUT2D eigenvalue weighted by atomic mass is 35.5. The third-order valence-electron chi connectivity index (χ3n) is 2.82. The Morgan fingerprint density at radius 2 is 1.85 bits per heavy atom. The van der Waals surface area contributed by atoms with Crippen LogP contribution in [0.1, 0.15) is 5.69 Å². The molecule has 0 bridgehead atoms. The van der Waals surface area contributed by atoms with Crippen molar-refractivity contribution in [2.24, 2.45) is 0 Å². The van der Waals surface area contributed by atoms with Gasteiger partial charge >= 0.3 is 0 Å². The van der Waals surface area contributed by atoms with Crippen LogP contribution in [0, 0.1) is 0 Å². The van der Waals surface area contributed by atoms with Gasteiger partial charge in [0.05, 0.1) is 6.54 Å². The minimum absolute atomic E-state index is 0.457. The quantitative estimate of drug-likeness (QED) is 0.723. The van der Waals surface area contributed by atoms with Gasteiger partial charge in [-0.1, -0.05) is 48.0 Å². The van der Waals surface area contributed by atoms with E-state index in [2.05, 4.69) is 25.7 Å². The Morgan fingerprint density at radius 1 is 1.00 bits per heavy atom. The lowest BCUT2D eigenvalue weighted by Crippen LogP contribution is -2.03. The van der Waals surface area contributed by atoms with Crippen LogP contribution >= 0.6 is 11.6 Å². The number of rotatable bonds is 4. The van der Waals surface area contributed by atoms with Gasteiger partial charge in [0.15, 0.2) is 0 Å². The molecule has 3 aromatic rings. The number of aromatic amines is 1. The molecule has 0 fully saturated rings. The van der Waals surface area contributed by atoms with E-state index >= 15 is 0 Å². The summed E-state index contributed by atoms with van der Waals surface area (Å²) < 4.78 is 0. The van der Waals surface area contributed by atoms with Crippen LogP contribution in [0.25, 0.3) is 11.3 Å². The van der Waals surface area contributed by atoms with Crippen molar-refractivity contribution in [1.29, 1.82) is 0 Å². The molecule has 2 aromatic heterocycles. The van der Waals surface area contributed by atoms with Crippen molar-refractivity contribution in [2.75, 3.05) is 5.32 Å². The highest BCUT2D eigenvalue weighted by Gasteiger charge is 2.09. The zero-order chi connectivity index (χ0) is 13.8. The molecule has 0 saturated carbocycles. The van der Waals surface area contributed by atoms with Crippen LogP contribution < -0.4 is 5.32 Å². The Labute approximate surface area is 121 Å². The summed E-state index contributed by atoms with van der Waals surface area (Å²) in [5.41, 5.74) is 2.69. The van der Waals surface area contributed by atoms with Crippen LogP contribution in [0.4, 0.5) is 5.82 Å². The van der Waals surface area contributed by atoms with Gasteiger partial charge in [0.2, 0.25) is 0 Å². The lowest BCUT2D eigenvalue weighted by molar-refractivity contribution is 0.909. The fourth-order valence-corrected chi connectivity index (χ4v) is 2.05. The molecule has 100 valence electrons. The fourth-order valence-electron chi connectivity index (χ4n) is 1.88. The molecule has 0 spiro atoms. The van der Waals surface area contributed by atoms with Gasteiger partial charge in [-0.25, -0.2) is 4.98 Å². The number of hydrogen-bond acceptors (Lipinski definition) is 4. The molecule has 0 saturated heterocycles. The second-order valence-corrected chi connectivity index (χ2v) is 4.57. The predicted molar refractivity (Wildman–Crippen MR) is 78.4 cm³/mol. The molecule has 2 heterocycles. The largest absolute Gasteiger partial charge is 0.364 e. The van der Waals surface area contributed by atoms with Gasteiger partial charge in [-0.15, -0.1) is 0 Å². The molecule has 0 aliphatic rings. The molecule has 6 heteroatoms. The number of nitrogens with one attached hydrogen (secondary N) is 2. The Kier molecular flexibility index (Phi) is 3.60. The van der Waals surface area contributed by atoms with Crippen molar-refractivity contribution in [3.63, 3.8) is 0 Å². The van der Waals surface area contributed by atoms with E-state index in [0.717, 1.165) is 17.0 Å². The van der Waals surface area contributed by atoms with E-state index in [-0.39, 0.29) is 0 Å². The summed E-state index contributed by atoms with van der Waals surface area (Å²) in [4.78, 5) is 4.17. The standard InChI is InChI=1S/C14H12ClN5/c15-12-7-4-8-13(17-12)16-9-11-14(19-20-18-11)10-5-2-1-3-6-10/h1-8H,9H2,(H,16,17)(H,18,19,20). The molecule has 0 unspecified atom stereocenters. The average molecular weight is 286 g/mol. The molecule has 0 aliphatic carbocycles. The van der Waals surface area contributed by atoms with E-state index in [9.17, 15) is 0 Å². The van der Waals surface area contributed by atoms with Crippen molar-refractivity contribution in [3.05, 3.63) is 59.4 Å². The molecule has 0 amide bonds. The van der Waals surface area contributed by atoms with E-state index in [1.54, 1.807) is 6.07 Å². The molecule has 0 aliphatic heterocycles. The zero-order valence-corrected chi connectivity index (χ0v) is 11.3. The Balaban J connectivity index is 1.78. The Hall–Kier alpha value is -2.40. The smallest absolute Gasteiger partial charge is 0.131 e. The Morgan fingerprint density at radius 3 is 2.65 bits per heavy atom. The number of halogens is 1. The van der Waals surface area contributed by atoms with E-state index < -0.39 is 0 Å². The highest BCUT2D eigenvalue weighted by molar-refractivity contribution is 6.29. The number of aromatic nitrogens is 4. The SMILES string of the molecule is Clc1cccc(NCc2n[nH]nc2-c2ccccc2)n1. The van der Waals surface area contributed by atoms with E-state index in [1.165, 1.54) is 0 Å². The van der Waals surface area contributed by atoms with E-state index in [1.807, 2.05) is 42.5 Å². The van der Waals surface area contributed by atoms with Crippen molar-refractivity contribution >= 4 is 17.4 Å². The number of nitrogens with zero attached hydrogens (tertiary/aromatic N) is 3. The van der Waals surface area contributed by atoms with Crippen molar-refractivity contribution < 1.29 is 0 Å². The summed E-state index contributed by atoms with van der Waals surface area (Å²) in [5.74, 6) is 0.708. The van der Waals surface area contributed by atoms with Gasteiger partial charge < -0.3 is 5.32 Å². The van der Waals surface area contributed by atoms with Gasteiger partial charge in [0.1, 0.15) is 22.4 Å². The number of benzene rings is 1. The summed E-state index contributed by atoms with van der Waals surface area (Å²) in [5, 5.41) is 14.7. The molecule has 0 atom stereocenters. The maximum atomic E-state index is 5.85. The normalized spacial score (nSPS) is 10.4. The number of anilines is 1. The summed E-state index contributed by atoms with van der Waals surface area (Å²) in [6.45, 7) is 0.522. The summed E-state index contributed by atoms with van der Waals surface area (Å²) in [7, 11) is 0. The van der Waals surface area contributed by atoms with Crippen molar-refractivity contribution in [2.45, 2.75) is 6.54 Å². The van der Waals surface area contributed by atoms with Gasteiger partial charge in [-0.3, -0.25) is 0 Å². The van der Waals surface area contributed by atoms with Crippen LogP contribution in [0.2, 0.25) is 5.15 Å². The van der Waals surface area contributed by atoms with Crippen LogP contribution in [0.5, 0.6) is 0 Å². The zero-order valence-electron chi connectivity index (χ0n) is 10.5. The molecule has 5 nitrogen and oxygen atoms in total. The minimum atomic E-state index is 0.457. The number of H-pyrrole nitrogens is 1. The van der Waals surface area contributed by atoms with Crippen LogP contribution in [-0.4, -0.2) is 20.4 Å². The van der Waals surface area contributed by atoms with Gasteiger partial charge in [0, 0.05) is 5.56 Å². The average Bonchev–Trinajstić information content (AvgIpc) is 2.95. The highest BCUT2D eigenvalue weighted by Crippen LogP contribution is 2.19. The lowest BCUT2D eigenvalue weighted by Gasteiger charge is -2.05. The maximum Gasteiger partial charge on any atom is 0.131 e. The van der Waals surface area contributed by atoms with Gasteiger partial charge in [-0.2, -0.15) is 15.4 Å². The summed E-state index contributed by atoms with van der Waals surface area (Å²) >= 11 is 5.85. The topological polar surface area (TPSA) is 66.5 Å². The van der Waals surface area contributed by atoms with E-state index in [0.29, 0.717) is 17.5 Å². The minimum Gasteiger partial charge on any atom is -0.364 e. The third kappa shape index (κ3) is 2.78. The summed E-state index contributed by atoms with van der Waals surface area (Å²) in [6.07, 6.45) is 0. The number of hydrogen-bond donors (Lipinski definition) is 2. The lowest BCUT2D eigenvalue weighted by atomic mass is 10.1. The first-order valence-electron chi connectivity index (χ1n) is 6.14. The van der Waals surface area contributed by atoms with Gasteiger partial charge in [-0.05, 0) is 12.1 Å². The van der Waals surface area contributed by atoms with E-state index in [4.69, 9.17) is 11.6 Å². The van der Waals surface area contributed by atoms with Crippen LogP contribution in [-0.2, 0) is 6.54 Å².